The van der Waals surface area contributed by atoms with Crippen molar-refractivity contribution in [3.05, 3.63) is 42.5 Å². The minimum Gasteiger partial charge on any atom is -0.363 e. The second kappa shape index (κ2) is 6.88. The molecule has 7 heteroatoms. The maximum Gasteiger partial charge on any atom is 0.155 e. The lowest BCUT2D eigenvalue weighted by Gasteiger charge is -2.28. The Labute approximate surface area is 158 Å². The molecule has 142 valence electrons. The van der Waals surface area contributed by atoms with Crippen LogP contribution in [-0.4, -0.2) is 44.7 Å². The molecule has 0 aromatic carbocycles. The Hall–Kier alpha value is -2.54. The monoisotopic (exact) mass is 368 g/mol. The fraction of sp³-hybridized carbons (Fsp3) is 0.450. The Balaban J connectivity index is 1.67. The topological polar surface area (TPSA) is 67.1 Å². The molecule has 1 fully saturated rings. The number of alkyl halides is 1. The van der Waals surface area contributed by atoms with Crippen LogP contribution in [0.25, 0.3) is 17.0 Å². The van der Waals surface area contributed by atoms with Crippen LogP contribution in [0.4, 0.5) is 10.2 Å². The van der Waals surface area contributed by atoms with Crippen molar-refractivity contribution in [1.82, 2.24) is 24.7 Å². The van der Waals surface area contributed by atoms with Gasteiger partial charge in [0.05, 0.1) is 35.5 Å². The van der Waals surface area contributed by atoms with E-state index in [1.54, 1.807) is 12.4 Å². The number of aromatic nitrogens is 4. The van der Waals surface area contributed by atoms with Crippen molar-refractivity contribution in [2.75, 3.05) is 18.4 Å². The molecule has 4 rings (SSSR count). The van der Waals surface area contributed by atoms with E-state index in [0.29, 0.717) is 18.8 Å². The highest BCUT2D eigenvalue weighted by Crippen LogP contribution is 2.25. The highest BCUT2D eigenvalue weighted by molar-refractivity contribution is 5.61. The van der Waals surface area contributed by atoms with Gasteiger partial charge >= 0.3 is 0 Å². The van der Waals surface area contributed by atoms with Crippen LogP contribution in [0, 0.1) is 0 Å². The van der Waals surface area contributed by atoms with E-state index in [4.69, 9.17) is 4.98 Å². The van der Waals surface area contributed by atoms with Gasteiger partial charge in [0.1, 0.15) is 12.0 Å². The molecule has 3 aromatic rings. The number of nitrogens with one attached hydrogen (secondary N) is 2. The minimum absolute atomic E-state index is 0.0588. The van der Waals surface area contributed by atoms with Crippen LogP contribution in [-0.2, 0) is 5.41 Å². The van der Waals surface area contributed by atoms with Gasteiger partial charge in [-0.05, 0) is 25.1 Å². The van der Waals surface area contributed by atoms with Gasteiger partial charge in [0.25, 0.3) is 0 Å². The van der Waals surface area contributed by atoms with E-state index < -0.39 is 6.17 Å². The SMILES string of the molecule is CC(C)(C)c1cn2c(-c3cccc(N[C@H]4CNCC[C@@H]4F)n3)cnc2cn1. The first kappa shape index (κ1) is 17.9. The second-order valence-electron chi connectivity index (χ2n) is 8.06. The van der Waals surface area contributed by atoms with Crippen LogP contribution < -0.4 is 10.6 Å². The summed E-state index contributed by atoms with van der Waals surface area (Å²) in [5, 5.41) is 6.45. The second-order valence-corrected chi connectivity index (χ2v) is 8.06. The average molecular weight is 368 g/mol. The molecule has 1 aliphatic heterocycles. The number of anilines is 1. The average Bonchev–Trinajstić information content (AvgIpc) is 3.06. The quantitative estimate of drug-likeness (QED) is 0.743. The van der Waals surface area contributed by atoms with Gasteiger partial charge in [0, 0.05) is 18.2 Å². The zero-order valence-corrected chi connectivity index (χ0v) is 15.9. The molecule has 3 aromatic heterocycles. The summed E-state index contributed by atoms with van der Waals surface area (Å²) in [6, 6.07) is 5.48. The van der Waals surface area contributed by atoms with E-state index in [0.717, 1.165) is 29.3 Å². The smallest absolute Gasteiger partial charge is 0.155 e. The first-order chi connectivity index (χ1) is 12.9. The number of hydrogen-bond donors (Lipinski definition) is 2. The summed E-state index contributed by atoms with van der Waals surface area (Å²) in [4.78, 5) is 13.7. The van der Waals surface area contributed by atoms with Gasteiger partial charge < -0.3 is 10.6 Å². The molecule has 27 heavy (non-hydrogen) atoms. The molecule has 2 atom stereocenters. The van der Waals surface area contributed by atoms with Crippen LogP contribution >= 0.6 is 0 Å². The Morgan fingerprint density at radius 1 is 1.22 bits per heavy atom. The molecule has 0 unspecified atom stereocenters. The van der Waals surface area contributed by atoms with Crippen molar-refractivity contribution in [2.45, 2.75) is 44.8 Å². The first-order valence-electron chi connectivity index (χ1n) is 9.34. The van der Waals surface area contributed by atoms with E-state index in [2.05, 4.69) is 41.4 Å². The molecule has 1 aliphatic rings. The van der Waals surface area contributed by atoms with Crippen molar-refractivity contribution in [1.29, 1.82) is 0 Å². The predicted octanol–water partition coefficient (Wildman–Crippen LogP) is 3.20. The van der Waals surface area contributed by atoms with Gasteiger partial charge in [-0.25, -0.2) is 14.4 Å². The summed E-state index contributed by atoms with van der Waals surface area (Å²) in [7, 11) is 0. The third kappa shape index (κ3) is 3.64. The highest BCUT2D eigenvalue weighted by Gasteiger charge is 2.24. The van der Waals surface area contributed by atoms with E-state index in [1.807, 2.05) is 28.8 Å². The maximum absolute atomic E-state index is 14.1. The molecule has 4 heterocycles. The highest BCUT2D eigenvalue weighted by atomic mass is 19.1. The summed E-state index contributed by atoms with van der Waals surface area (Å²) in [5.41, 5.74) is 3.38. The van der Waals surface area contributed by atoms with Gasteiger partial charge in [-0.1, -0.05) is 26.8 Å². The molecule has 0 radical (unpaired) electrons. The number of halogens is 1. The van der Waals surface area contributed by atoms with Crippen molar-refractivity contribution in [3.63, 3.8) is 0 Å². The summed E-state index contributed by atoms with van der Waals surface area (Å²) < 4.78 is 16.1. The lowest BCUT2D eigenvalue weighted by Crippen LogP contribution is -2.46. The summed E-state index contributed by atoms with van der Waals surface area (Å²) in [5.74, 6) is 0.670. The van der Waals surface area contributed by atoms with Crippen LogP contribution in [0.1, 0.15) is 32.9 Å². The van der Waals surface area contributed by atoms with Gasteiger partial charge in [-0.2, -0.15) is 0 Å². The first-order valence-corrected chi connectivity index (χ1v) is 9.34. The molecule has 6 nitrogen and oxygen atoms in total. The largest absolute Gasteiger partial charge is 0.363 e. The fourth-order valence-corrected chi connectivity index (χ4v) is 3.28. The van der Waals surface area contributed by atoms with E-state index in [9.17, 15) is 4.39 Å². The third-order valence-electron chi connectivity index (χ3n) is 4.91. The van der Waals surface area contributed by atoms with Crippen LogP contribution in [0.3, 0.4) is 0 Å². The standard InChI is InChI=1S/C20H25FN6/c1-20(2,3)17-12-27-16(10-24-19(27)11-23-17)14-5-4-6-18(25-14)26-15-9-22-8-7-13(15)21/h4-6,10-13,15,22H,7-9H2,1-3H3,(H,25,26)/t13-,15-/m0/s1. The number of rotatable bonds is 3. The zero-order chi connectivity index (χ0) is 19.0. The number of imidazole rings is 1. The molecule has 0 bridgehead atoms. The van der Waals surface area contributed by atoms with Crippen molar-refractivity contribution in [2.24, 2.45) is 0 Å². The summed E-state index contributed by atoms with van der Waals surface area (Å²) in [6.07, 6.45) is 5.26. The van der Waals surface area contributed by atoms with Crippen molar-refractivity contribution >= 4 is 11.5 Å². The molecular weight excluding hydrogens is 343 g/mol. The normalized spacial score (nSPS) is 20.7. The number of fused-ring (bicyclic) bond motifs is 1. The molecule has 0 saturated carbocycles. The zero-order valence-electron chi connectivity index (χ0n) is 15.9. The van der Waals surface area contributed by atoms with E-state index in [1.165, 1.54) is 0 Å². The Morgan fingerprint density at radius 2 is 2.07 bits per heavy atom. The number of pyridine rings is 1. The van der Waals surface area contributed by atoms with Gasteiger partial charge in [0.15, 0.2) is 5.65 Å². The molecule has 2 N–H and O–H groups in total. The lowest BCUT2D eigenvalue weighted by atomic mass is 9.93. The van der Waals surface area contributed by atoms with Gasteiger partial charge in [-0.15, -0.1) is 0 Å². The maximum atomic E-state index is 14.1. The van der Waals surface area contributed by atoms with Crippen molar-refractivity contribution in [3.8, 4) is 11.4 Å². The fourth-order valence-electron chi connectivity index (χ4n) is 3.28. The summed E-state index contributed by atoms with van der Waals surface area (Å²) >= 11 is 0. The number of nitrogens with zero attached hydrogens (tertiary/aromatic N) is 4. The van der Waals surface area contributed by atoms with Gasteiger partial charge in [0.2, 0.25) is 0 Å². The number of piperidine rings is 1. The molecular formula is C20H25FN6. The number of hydrogen-bond acceptors (Lipinski definition) is 5. The lowest BCUT2D eigenvalue weighted by molar-refractivity contribution is 0.241. The summed E-state index contributed by atoms with van der Waals surface area (Å²) in [6.45, 7) is 7.71. The molecule has 0 aliphatic carbocycles. The minimum atomic E-state index is -0.868. The molecule has 0 spiro atoms. The Kier molecular flexibility index (Phi) is 4.55. The molecule has 1 saturated heterocycles. The van der Waals surface area contributed by atoms with Crippen LogP contribution in [0.5, 0.6) is 0 Å². The van der Waals surface area contributed by atoms with Crippen LogP contribution in [0.15, 0.2) is 36.8 Å². The molecule has 0 amide bonds. The Morgan fingerprint density at radius 3 is 2.85 bits per heavy atom. The predicted molar refractivity (Wildman–Crippen MR) is 105 cm³/mol. The third-order valence-corrected chi connectivity index (χ3v) is 4.91. The Bertz CT molecular complexity index is 945. The van der Waals surface area contributed by atoms with Crippen molar-refractivity contribution < 1.29 is 4.39 Å². The van der Waals surface area contributed by atoms with Crippen LogP contribution in [0.2, 0.25) is 0 Å². The van der Waals surface area contributed by atoms with Gasteiger partial charge in [-0.3, -0.25) is 9.38 Å². The van der Waals surface area contributed by atoms with E-state index >= 15 is 0 Å². The van der Waals surface area contributed by atoms with E-state index in [-0.39, 0.29) is 11.5 Å².